The number of carbonyl (C=O) groups excluding carboxylic acids is 1. The smallest absolute Gasteiger partial charge is 0.248 e. The van der Waals surface area contributed by atoms with Crippen LogP contribution >= 0.6 is 0 Å². The molecule has 0 bridgehead atoms. The van der Waals surface area contributed by atoms with E-state index in [9.17, 15) is 10.1 Å². The van der Waals surface area contributed by atoms with Crippen molar-refractivity contribution in [1.82, 2.24) is 14.9 Å². The summed E-state index contributed by atoms with van der Waals surface area (Å²) in [5, 5.41) is 16.8. The maximum Gasteiger partial charge on any atom is 0.248 e. The van der Waals surface area contributed by atoms with Crippen LogP contribution in [0.2, 0.25) is 0 Å². The molecule has 0 fully saturated rings. The molecule has 0 aliphatic rings. The quantitative estimate of drug-likeness (QED) is 0.239. The van der Waals surface area contributed by atoms with Crippen molar-refractivity contribution in [1.29, 1.82) is 5.26 Å². The van der Waals surface area contributed by atoms with Gasteiger partial charge in [-0.3, -0.25) is 14.8 Å². The van der Waals surface area contributed by atoms with Crippen LogP contribution in [0.4, 0.5) is 17.1 Å². The van der Waals surface area contributed by atoms with Gasteiger partial charge >= 0.3 is 0 Å². The van der Waals surface area contributed by atoms with Gasteiger partial charge in [-0.1, -0.05) is 12.1 Å². The summed E-state index contributed by atoms with van der Waals surface area (Å²) >= 11 is 0. The van der Waals surface area contributed by atoms with Gasteiger partial charge in [-0.05, 0) is 69.9 Å². The minimum Gasteiger partial charge on any atom is -0.492 e. The first-order valence-corrected chi connectivity index (χ1v) is 12.9. The molecule has 9 heteroatoms. The van der Waals surface area contributed by atoms with E-state index in [0.717, 1.165) is 22.7 Å². The lowest BCUT2D eigenvalue weighted by atomic mass is 10.1. The number of rotatable bonds is 11. The van der Waals surface area contributed by atoms with Crippen molar-refractivity contribution >= 4 is 33.9 Å². The number of hydrogen-bond donors (Lipinski definition) is 2. The Bertz CT molecular complexity index is 1560. The van der Waals surface area contributed by atoms with Crippen LogP contribution in [0.5, 0.6) is 11.5 Å². The molecule has 2 aromatic heterocycles. The molecule has 0 saturated heterocycles. The van der Waals surface area contributed by atoms with Gasteiger partial charge in [0.2, 0.25) is 5.91 Å². The standard InChI is InChI=1S/C31H32N6O3/c1-5-39-29-17-26-25(16-27(29)36-30(38)10-8-14-37(3)4)31(22(18-32)19-34-26)35-23-11-12-28(21(2)15-23)40-20-24-9-6-7-13-33-24/h6-13,15-17,19H,5,14,20H2,1-4H3,(H,34,35)(H,36,38)/b10-8+. The number of aromatic nitrogens is 2. The second kappa shape index (κ2) is 13.2. The van der Waals surface area contributed by atoms with Gasteiger partial charge in [0.1, 0.15) is 24.2 Å². The third kappa shape index (κ3) is 7.12. The minimum atomic E-state index is -0.280. The maximum atomic E-state index is 12.6. The monoisotopic (exact) mass is 536 g/mol. The zero-order valence-electron chi connectivity index (χ0n) is 23.1. The first kappa shape index (κ1) is 28.1. The molecule has 0 saturated carbocycles. The third-order valence-electron chi connectivity index (χ3n) is 5.93. The van der Waals surface area contributed by atoms with E-state index in [4.69, 9.17) is 9.47 Å². The number of amides is 1. The van der Waals surface area contributed by atoms with Crippen LogP contribution in [0.15, 0.2) is 73.1 Å². The van der Waals surface area contributed by atoms with Gasteiger partial charge in [0.25, 0.3) is 0 Å². The highest BCUT2D eigenvalue weighted by Crippen LogP contribution is 2.36. The molecule has 4 aromatic rings. The van der Waals surface area contributed by atoms with Gasteiger partial charge in [-0.15, -0.1) is 0 Å². The Morgan fingerprint density at radius 3 is 2.65 bits per heavy atom. The Morgan fingerprint density at radius 2 is 1.95 bits per heavy atom. The Morgan fingerprint density at radius 1 is 1.10 bits per heavy atom. The summed E-state index contributed by atoms with van der Waals surface area (Å²) in [6, 6.07) is 17.2. The zero-order chi connectivity index (χ0) is 28.5. The maximum absolute atomic E-state index is 12.6. The van der Waals surface area contributed by atoms with Crippen molar-refractivity contribution in [2.24, 2.45) is 0 Å². The van der Waals surface area contributed by atoms with Crippen LogP contribution in [-0.2, 0) is 11.4 Å². The molecule has 0 aliphatic carbocycles. The predicted octanol–water partition coefficient (Wildman–Crippen LogP) is 5.59. The van der Waals surface area contributed by atoms with Crippen molar-refractivity contribution in [3.63, 3.8) is 0 Å². The molecular formula is C31H32N6O3. The van der Waals surface area contributed by atoms with Crippen LogP contribution in [0.3, 0.4) is 0 Å². The SMILES string of the molecule is CCOc1cc2ncc(C#N)c(Nc3ccc(OCc4ccccn4)c(C)c3)c2cc1NC(=O)/C=C/CN(C)C. The van der Waals surface area contributed by atoms with Gasteiger partial charge in [0.05, 0.1) is 34.8 Å². The summed E-state index contributed by atoms with van der Waals surface area (Å²) < 4.78 is 11.8. The van der Waals surface area contributed by atoms with Crippen molar-refractivity contribution < 1.29 is 14.3 Å². The number of pyridine rings is 2. The summed E-state index contributed by atoms with van der Waals surface area (Å²) in [5.74, 6) is 0.959. The first-order valence-electron chi connectivity index (χ1n) is 12.9. The van der Waals surface area contributed by atoms with Crippen LogP contribution < -0.4 is 20.1 Å². The summed E-state index contributed by atoms with van der Waals surface area (Å²) in [7, 11) is 3.86. The topological polar surface area (TPSA) is 112 Å². The molecule has 2 aromatic carbocycles. The number of carbonyl (C=O) groups is 1. The van der Waals surface area contributed by atoms with E-state index in [1.54, 1.807) is 24.4 Å². The van der Waals surface area contributed by atoms with Crippen LogP contribution in [0.1, 0.15) is 23.7 Å². The summed E-state index contributed by atoms with van der Waals surface area (Å²) in [6.45, 7) is 5.25. The number of aryl methyl sites for hydroxylation is 1. The third-order valence-corrected chi connectivity index (χ3v) is 5.93. The lowest BCUT2D eigenvalue weighted by molar-refractivity contribution is -0.111. The average molecular weight is 537 g/mol. The molecule has 0 radical (unpaired) electrons. The van der Waals surface area contributed by atoms with Gasteiger partial charge in [-0.25, -0.2) is 0 Å². The van der Waals surface area contributed by atoms with Crippen molar-refractivity contribution in [2.75, 3.05) is 37.9 Å². The predicted molar refractivity (Wildman–Crippen MR) is 157 cm³/mol. The number of nitriles is 1. The highest BCUT2D eigenvalue weighted by atomic mass is 16.5. The highest BCUT2D eigenvalue weighted by Gasteiger charge is 2.16. The molecule has 1 amide bonds. The Hall–Kier alpha value is -4.94. The summed E-state index contributed by atoms with van der Waals surface area (Å²) in [4.78, 5) is 23.4. The lowest BCUT2D eigenvalue weighted by Crippen LogP contribution is -2.13. The van der Waals surface area contributed by atoms with E-state index in [1.165, 1.54) is 12.3 Å². The molecule has 2 N–H and O–H groups in total. The van der Waals surface area contributed by atoms with E-state index in [1.807, 2.05) is 69.2 Å². The molecule has 4 rings (SSSR count). The molecule has 0 unspecified atom stereocenters. The Kier molecular flexibility index (Phi) is 9.28. The van der Waals surface area contributed by atoms with Crippen molar-refractivity contribution in [2.45, 2.75) is 20.5 Å². The van der Waals surface area contributed by atoms with Crippen LogP contribution in [0, 0.1) is 18.3 Å². The van der Waals surface area contributed by atoms with Gasteiger partial charge in [-0.2, -0.15) is 5.26 Å². The molecule has 0 aliphatic heterocycles. The average Bonchev–Trinajstić information content (AvgIpc) is 2.94. The number of nitrogens with one attached hydrogen (secondary N) is 2. The molecular weight excluding hydrogens is 504 g/mol. The fourth-order valence-corrected chi connectivity index (χ4v) is 4.03. The van der Waals surface area contributed by atoms with Crippen molar-refractivity contribution in [3.8, 4) is 17.6 Å². The minimum absolute atomic E-state index is 0.280. The second-order valence-electron chi connectivity index (χ2n) is 9.33. The fraction of sp³-hybridized carbons (Fsp3) is 0.226. The van der Waals surface area contributed by atoms with E-state index < -0.39 is 0 Å². The van der Waals surface area contributed by atoms with Crippen molar-refractivity contribution in [3.05, 3.63) is 89.9 Å². The number of hydrogen-bond acceptors (Lipinski definition) is 8. The zero-order valence-corrected chi connectivity index (χ0v) is 23.1. The number of ether oxygens (including phenoxy) is 2. The molecule has 9 nitrogen and oxygen atoms in total. The molecule has 2 heterocycles. The number of likely N-dealkylation sites (N-methyl/N-ethyl adjacent to an activating group) is 1. The first-order chi connectivity index (χ1) is 19.4. The van der Waals surface area contributed by atoms with Gasteiger partial charge < -0.3 is 25.0 Å². The van der Waals surface area contributed by atoms with Gasteiger partial charge in [0.15, 0.2) is 0 Å². The summed E-state index contributed by atoms with van der Waals surface area (Å²) in [6.07, 6.45) is 6.54. The Balaban J connectivity index is 1.64. The van der Waals surface area contributed by atoms with E-state index in [0.29, 0.717) is 53.3 Å². The van der Waals surface area contributed by atoms with Gasteiger partial charge in [0, 0.05) is 42.2 Å². The molecule has 0 spiro atoms. The highest BCUT2D eigenvalue weighted by molar-refractivity contribution is 6.04. The number of benzene rings is 2. The fourth-order valence-electron chi connectivity index (χ4n) is 4.03. The number of nitrogens with zero attached hydrogens (tertiary/aromatic N) is 4. The van der Waals surface area contributed by atoms with E-state index in [2.05, 4.69) is 26.7 Å². The lowest BCUT2D eigenvalue weighted by Gasteiger charge is -2.17. The van der Waals surface area contributed by atoms with Crippen LogP contribution in [-0.4, -0.2) is 48.0 Å². The Labute approximate surface area is 234 Å². The molecule has 204 valence electrons. The summed E-state index contributed by atoms with van der Waals surface area (Å²) in [5.41, 5.74) is 4.60. The normalized spacial score (nSPS) is 11.0. The largest absolute Gasteiger partial charge is 0.492 e. The van der Waals surface area contributed by atoms with E-state index in [-0.39, 0.29) is 5.91 Å². The molecule has 40 heavy (non-hydrogen) atoms. The number of anilines is 3. The van der Waals surface area contributed by atoms with E-state index >= 15 is 0 Å². The number of fused-ring (bicyclic) bond motifs is 1. The van der Waals surface area contributed by atoms with Crippen LogP contribution in [0.25, 0.3) is 10.9 Å². The molecule has 0 atom stereocenters. The second-order valence-corrected chi connectivity index (χ2v) is 9.33.